The first-order valence-electron chi connectivity index (χ1n) is 6.58. The van der Waals surface area contributed by atoms with E-state index in [0.717, 1.165) is 19.0 Å². The summed E-state index contributed by atoms with van der Waals surface area (Å²) in [6.07, 6.45) is 2.75. The highest BCUT2D eigenvalue weighted by molar-refractivity contribution is 5.96. The van der Waals surface area contributed by atoms with Gasteiger partial charge in [-0.05, 0) is 44.9 Å². The average molecular weight is 247 g/mol. The van der Waals surface area contributed by atoms with E-state index in [2.05, 4.69) is 11.9 Å². The molecule has 1 aromatic carbocycles. The topological polar surface area (TPSA) is 29.5 Å². The lowest BCUT2D eigenvalue weighted by Gasteiger charge is -2.17. The van der Waals surface area contributed by atoms with Gasteiger partial charge in [-0.1, -0.05) is 12.1 Å². The molecule has 1 fully saturated rings. The van der Waals surface area contributed by atoms with Crippen LogP contribution in [0.4, 0.5) is 0 Å². The normalized spacial score (nSPS) is 14.8. The summed E-state index contributed by atoms with van der Waals surface area (Å²) in [6, 6.07) is 7.43. The van der Waals surface area contributed by atoms with E-state index in [1.165, 1.54) is 12.8 Å². The largest absolute Gasteiger partial charge is 0.491 e. The molecule has 0 radical (unpaired) electrons. The SMILES string of the molecule is CC(=O)c1ccccc1OCCN(C)CC1CC1. The highest BCUT2D eigenvalue weighted by atomic mass is 16.5. The highest BCUT2D eigenvalue weighted by Crippen LogP contribution is 2.29. The summed E-state index contributed by atoms with van der Waals surface area (Å²) in [5.41, 5.74) is 0.669. The molecule has 3 nitrogen and oxygen atoms in total. The van der Waals surface area contributed by atoms with Crippen molar-refractivity contribution >= 4 is 5.78 Å². The molecule has 1 aliphatic carbocycles. The monoisotopic (exact) mass is 247 g/mol. The van der Waals surface area contributed by atoms with Crippen LogP contribution in [0.15, 0.2) is 24.3 Å². The summed E-state index contributed by atoms with van der Waals surface area (Å²) < 4.78 is 5.71. The van der Waals surface area contributed by atoms with Gasteiger partial charge in [-0.15, -0.1) is 0 Å². The van der Waals surface area contributed by atoms with Crippen LogP contribution in [-0.4, -0.2) is 37.4 Å². The van der Waals surface area contributed by atoms with Gasteiger partial charge in [0, 0.05) is 13.1 Å². The van der Waals surface area contributed by atoms with E-state index in [1.807, 2.05) is 24.3 Å². The van der Waals surface area contributed by atoms with E-state index in [1.54, 1.807) is 6.92 Å². The first-order valence-corrected chi connectivity index (χ1v) is 6.58. The third kappa shape index (κ3) is 3.84. The molecule has 0 unspecified atom stereocenters. The maximum Gasteiger partial charge on any atom is 0.163 e. The number of carbonyl (C=O) groups is 1. The first kappa shape index (κ1) is 13.1. The first-order chi connectivity index (χ1) is 8.66. The molecule has 0 heterocycles. The van der Waals surface area contributed by atoms with Gasteiger partial charge in [0.2, 0.25) is 0 Å². The predicted octanol–water partition coefficient (Wildman–Crippen LogP) is 2.61. The Balaban J connectivity index is 1.80. The van der Waals surface area contributed by atoms with Gasteiger partial charge in [0.05, 0.1) is 5.56 Å². The highest BCUT2D eigenvalue weighted by Gasteiger charge is 2.22. The van der Waals surface area contributed by atoms with Crippen molar-refractivity contribution in [3.05, 3.63) is 29.8 Å². The van der Waals surface area contributed by atoms with Crippen molar-refractivity contribution in [2.45, 2.75) is 19.8 Å². The molecule has 1 aliphatic rings. The molecule has 2 rings (SSSR count). The van der Waals surface area contributed by atoms with Crippen molar-refractivity contribution in [2.24, 2.45) is 5.92 Å². The Bertz CT molecular complexity index is 413. The van der Waals surface area contributed by atoms with Crippen molar-refractivity contribution in [1.29, 1.82) is 0 Å². The van der Waals surface area contributed by atoms with Crippen LogP contribution in [0.3, 0.4) is 0 Å². The van der Waals surface area contributed by atoms with Crippen LogP contribution in [-0.2, 0) is 0 Å². The Morgan fingerprint density at radius 1 is 1.39 bits per heavy atom. The summed E-state index contributed by atoms with van der Waals surface area (Å²) in [5.74, 6) is 1.65. The number of nitrogens with zero attached hydrogens (tertiary/aromatic N) is 1. The molecule has 0 saturated heterocycles. The molecule has 1 saturated carbocycles. The van der Waals surface area contributed by atoms with Gasteiger partial charge >= 0.3 is 0 Å². The number of hydrogen-bond acceptors (Lipinski definition) is 3. The fraction of sp³-hybridized carbons (Fsp3) is 0.533. The number of rotatable bonds is 7. The second-order valence-electron chi connectivity index (χ2n) is 5.11. The van der Waals surface area contributed by atoms with E-state index in [9.17, 15) is 4.79 Å². The Kier molecular flexibility index (Phi) is 4.37. The molecule has 0 bridgehead atoms. The molecule has 0 spiro atoms. The minimum atomic E-state index is 0.0527. The summed E-state index contributed by atoms with van der Waals surface area (Å²) in [5, 5.41) is 0. The van der Waals surface area contributed by atoms with Crippen molar-refractivity contribution in [1.82, 2.24) is 4.90 Å². The van der Waals surface area contributed by atoms with Crippen molar-refractivity contribution in [3.63, 3.8) is 0 Å². The average Bonchev–Trinajstić information content (AvgIpc) is 3.13. The van der Waals surface area contributed by atoms with Crippen molar-refractivity contribution < 1.29 is 9.53 Å². The predicted molar refractivity (Wildman–Crippen MR) is 72.2 cm³/mol. The molecule has 0 aliphatic heterocycles. The molecule has 0 aromatic heterocycles. The minimum Gasteiger partial charge on any atom is -0.491 e. The molecule has 1 aromatic rings. The fourth-order valence-corrected chi connectivity index (χ4v) is 2.03. The van der Waals surface area contributed by atoms with Crippen molar-refractivity contribution in [3.8, 4) is 5.75 Å². The minimum absolute atomic E-state index is 0.0527. The number of likely N-dealkylation sites (N-methyl/N-ethyl adjacent to an activating group) is 1. The van der Waals surface area contributed by atoms with E-state index in [-0.39, 0.29) is 5.78 Å². The van der Waals surface area contributed by atoms with Crippen LogP contribution in [0.25, 0.3) is 0 Å². The number of ether oxygens (including phenoxy) is 1. The maximum absolute atomic E-state index is 11.4. The molecule has 98 valence electrons. The van der Waals surface area contributed by atoms with Crippen LogP contribution in [0.2, 0.25) is 0 Å². The van der Waals surface area contributed by atoms with Gasteiger partial charge in [0.1, 0.15) is 12.4 Å². The number of ketones is 1. The lowest BCUT2D eigenvalue weighted by atomic mass is 10.1. The fourth-order valence-electron chi connectivity index (χ4n) is 2.03. The summed E-state index contributed by atoms with van der Waals surface area (Å²) in [6.45, 7) is 4.27. The number of hydrogen-bond donors (Lipinski definition) is 0. The number of carbonyl (C=O) groups excluding carboxylic acids is 1. The van der Waals surface area contributed by atoms with Gasteiger partial charge < -0.3 is 9.64 Å². The number of benzene rings is 1. The zero-order valence-corrected chi connectivity index (χ0v) is 11.2. The lowest BCUT2D eigenvalue weighted by molar-refractivity contribution is 0.101. The zero-order valence-electron chi connectivity index (χ0n) is 11.2. The van der Waals surface area contributed by atoms with Gasteiger partial charge in [0.15, 0.2) is 5.78 Å². The van der Waals surface area contributed by atoms with Crippen LogP contribution >= 0.6 is 0 Å². The molecule has 0 atom stereocenters. The second-order valence-corrected chi connectivity index (χ2v) is 5.11. The van der Waals surface area contributed by atoms with E-state index >= 15 is 0 Å². The quantitative estimate of drug-likeness (QED) is 0.694. The third-order valence-corrected chi connectivity index (χ3v) is 3.26. The van der Waals surface area contributed by atoms with Crippen LogP contribution in [0.5, 0.6) is 5.75 Å². The Labute approximate surface area is 109 Å². The van der Waals surface area contributed by atoms with E-state index in [4.69, 9.17) is 4.74 Å². The summed E-state index contributed by atoms with van der Waals surface area (Å²) in [7, 11) is 2.12. The van der Waals surface area contributed by atoms with E-state index < -0.39 is 0 Å². The van der Waals surface area contributed by atoms with Crippen LogP contribution in [0, 0.1) is 5.92 Å². The van der Waals surface area contributed by atoms with Crippen LogP contribution in [0.1, 0.15) is 30.1 Å². The number of Topliss-reactive ketones (excluding diaryl/α,β-unsaturated/α-hetero) is 1. The van der Waals surface area contributed by atoms with Gasteiger partial charge in [-0.2, -0.15) is 0 Å². The van der Waals surface area contributed by atoms with Gasteiger partial charge in [-0.3, -0.25) is 4.79 Å². The zero-order chi connectivity index (χ0) is 13.0. The van der Waals surface area contributed by atoms with Crippen LogP contribution < -0.4 is 4.74 Å². The second kappa shape index (κ2) is 6.01. The number of para-hydroxylation sites is 1. The molecular formula is C15H21NO2. The molecule has 18 heavy (non-hydrogen) atoms. The molecule has 0 N–H and O–H groups in total. The van der Waals surface area contributed by atoms with Gasteiger partial charge in [-0.25, -0.2) is 0 Å². The molecule has 3 heteroatoms. The smallest absolute Gasteiger partial charge is 0.163 e. The summed E-state index contributed by atoms with van der Waals surface area (Å²) in [4.78, 5) is 13.7. The maximum atomic E-state index is 11.4. The van der Waals surface area contributed by atoms with E-state index in [0.29, 0.717) is 17.9 Å². The molecule has 0 amide bonds. The standard InChI is InChI=1S/C15H21NO2/c1-12(17)14-5-3-4-6-15(14)18-10-9-16(2)11-13-7-8-13/h3-6,13H,7-11H2,1-2H3. The lowest BCUT2D eigenvalue weighted by Crippen LogP contribution is -2.26. The van der Waals surface area contributed by atoms with Gasteiger partial charge in [0.25, 0.3) is 0 Å². The Morgan fingerprint density at radius 3 is 2.78 bits per heavy atom. The third-order valence-electron chi connectivity index (χ3n) is 3.26. The van der Waals surface area contributed by atoms with Crippen molar-refractivity contribution in [2.75, 3.05) is 26.7 Å². The Morgan fingerprint density at radius 2 is 2.11 bits per heavy atom. The Hall–Kier alpha value is -1.35. The molecular weight excluding hydrogens is 226 g/mol. The summed E-state index contributed by atoms with van der Waals surface area (Å²) >= 11 is 0.